The van der Waals surface area contributed by atoms with Crippen LogP contribution in [0.2, 0.25) is 0 Å². The van der Waals surface area contributed by atoms with E-state index in [0.29, 0.717) is 12.1 Å². The van der Waals surface area contributed by atoms with Crippen LogP contribution in [0.15, 0.2) is 54.6 Å². The smallest absolute Gasteiger partial charge is 0.261 e. The molecule has 0 saturated carbocycles. The highest BCUT2D eigenvalue weighted by atomic mass is 32.2. The van der Waals surface area contributed by atoms with Gasteiger partial charge in [0.2, 0.25) is 0 Å². The zero-order valence-corrected chi connectivity index (χ0v) is 12.7. The molecule has 1 aromatic heterocycles. The van der Waals surface area contributed by atoms with Gasteiger partial charge in [0, 0.05) is 0 Å². The van der Waals surface area contributed by atoms with E-state index in [0.717, 1.165) is 16.6 Å². The van der Waals surface area contributed by atoms with E-state index in [4.69, 9.17) is 4.55 Å². The molecule has 7 heteroatoms. The Morgan fingerprint density at radius 2 is 1.59 bits per heavy atom. The first-order valence-electron chi connectivity index (χ1n) is 6.44. The van der Waals surface area contributed by atoms with Crippen molar-refractivity contribution in [3.63, 3.8) is 0 Å². The van der Waals surface area contributed by atoms with E-state index in [9.17, 15) is 13.5 Å². The molecule has 0 aliphatic carbocycles. The van der Waals surface area contributed by atoms with Crippen LogP contribution in [-0.4, -0.2) is 34.3 Å². The van der Waals surface area contributed by atoms with Gasteiger partial charge in [0.1, 0.15) is 11.9 Å². The number of aromatic nitrogens is 2. The third-order valence-corrected chi connectivity index (χ3v) is 2.78. The summed E-state index contributed by atoms with van der Waals surface area (Å²) in [6.07, 6.45) is 0.0103. The fourth-order valence-electron chi connectivity index (χ4n) is 1.90. The van der Waals surface area contributed by atoms with Crippen molar-refractivity contribution in [1.29, 1.82) is 0 Å². The van der Waals surface area contributed by atoms with Crippen LogP contribution in [0, 0.1) is 0 Å². The van der Waals surface area contributed by atoms with Crippen LogP contribution in [0.3, 0.4) is 0 Å². The fourth-order valence-corrected chi connectivity index (χ4v) is 1.90. The van der Waals surface area contributed by atoms with Crippen LogP contribution in [0.4, 0.5) is 0 Å². The third-order valence-electron chi connectivity index (χ3n) is 2.78. The number of fused-ring (bicyclic) bond motifs is 1. The summed E-state index contributed by atoms with van der Waals surface area (Å²) < 4.78 is 25.9. The van der Waals surface area contributed by atoms with Crippen molar-refractivity contribution in [2.45, 2.75) is 6.10 Å². The van der Waals surface area contributed by atoms with Crippen molar-refractivity contribution in [3.8, 4) is 0 Å². The van der Waals surface area contributed by atoms with Gasteiger partial charge >= 0.3 is 0 Å². The molecular weight excluding hydrogens is 304 g/mol. The molecule has 2 aromatic carbocycles. The second-order valence-corrected chi connectivity index (χ2v) is 6.15. The summed E-state index contributed by atoms with van der Waals surface area (Å²) in [5.41, 5.74) is 2.65. The van der Waals surface area contributed by atoms with Gasteiger partial charge < -0.3 is 10.1 Å². The van der Waals surface area contributed by atoms with Gasteiger partial charge in [0.05, 0.1) is 17.3 Å². The molecule has 6 nitrogen and oxygen atoms in total. The molecule has 22 heavy (non-hydrogen) atoms. The molecule has 0 amide bonds. The van der Waals surface area contributed by atoms with Gasteiger partial charge in [0.25, 0.3) is 10.1 Å². The average Bonchev–Trinajstić information content (AvgIpc) is 2.89. The number of aromatic amines is 1. The second kappa shape index (κ2) is 6.69. The first kappa shape index (κ1) is 16.2. The van der Waals surface area contributed by atoms with E-state index in [1.165, 1.54) is 0 Å². The molecule has 0 saturated heterocycles. The largest absolute Gasteiger partial charge is 0.380 e. The third kappa shape index (κ3) is 4.66. The minimum atomic E-state index is -3.67. The highest BCUT2D eigenvalue weighted by molar-refractivity contribution is 7.85. The summed E-state index contributed by atoms with van der Waals surface area (Å²) in [6, 6.07) is 17.3. The molecular formula is C15H16N2O4S. The number of hydrogen-bond donors (Lipinski definition) is 3. The maximum atomic E-state index is 10.2. The molecule has 1 atom stereocenters. The Morgan fingerprint density at radius 3 is 2.18 bits per heavy atom. The lowest BCUT2D eigenvalue weighted by Gasteiger charge is -2.06. The first-order chi connectivity index (χ1) is 10.3. The van der Waals surface area contributed by atoms with Gasteiger partial charge in [-0.1, -0.05) is 42.5 Å². The number of aliphatic hydroxyl groups is 1. The van der Waals surface area contributed by atoms with Crippen molar-refractivity contribution in [2.24, 2.45) is 0 Å². The average molecular weight is 320 g/mol. The Labute approximate surface area is 128 Å². The normalized spacial score (nSPS) is 12.5. The van der Waals surface area contributed by atoms with E-state index < -0.39 is 16.2 Å². The Morgan fingerprint density at radius 1 is 1.05 bits per heavy atom. The Kier molecular flexibility index (Phi) is 4.92. The predicted octanol–water partition coefficient (Wildman–Crippen LogP) is 2.15. The minimum Gasteiger partial charge on any atom is -0.380 e. The number of rotatable bonds is 2. The maximum absolute atomic E-state index is 10.2. The fraction of sp³-hybridized carbons (Fsp3) is 0.133. The van der Waals surface area contributed by atoms with Crippen LogP contribution < -0.4 is 0 Å². The van der Waals surface area contributed by atoms with E-state index in [2.05, 4.69) is 9.97 Å². The van der Waals surface area contributed by atoms with Crippen LogP contribution >= 0.6 is 0 Å². The van der Waals surface area contributed by atoms with Crippen LogP contribution in [0.25, 0.3) is 11.0 Å². The highest BCUT2D eigenvalue weighted by Gasteiger charge is 2.13. The molecule has 0 aliphatic heterocycles. The van der Waals surface area contributed by atoms with E-state index >= 15 is 0 Å². The zero-order valence-electron chi connectivity index (χ0n) is 11.8. The summed E-state index contributed by atoms with van der Waals surface area (Å²) in [6.45, 7) is 0. The van der Waals surface area contributed by atoms with Crippen LogP contribution in [0.1, 0.15) is 17.5 Å². The van der Waals surface area contributed by atoms with E-state index in [-0.39, 0.29) is 0 Å². The molecule has 1 unspecified atom stereocenters. The van der Waals surface area contributed by atoms with Gasteiger partial charge in [-0.3, -0.25) is 4.55 Å². The van der Waals surface area contributed by atoms with Crippen molar-refractivity contribution < 1.29 is 18.1 Å². The number of nitrogens with zero attached hydrogens (tertiary/aromatic N) is 1. The number of para-hydroxylation sites is 2. The number of hydrogen-bond acceptors (Lipinski definition) is 4. The Bertz CT molecular complexity index is 803. The number of benzene rings is 2. The molecule has 0 spiro atoms. The molecule has 3 aromatic rings. The number of H-pyrrole nitrogens is 1. The summed E-state index contributed by atoms with van der Waals surface area (Å²) in [4.78, 5) is 7.52. The van der Waals surface area contributed by atoms with Gasteiger partial charge in [0.15, 0.2) is 0 Å². The van der Waals surface area contributed by atoms with Gasteiger partial charge in [-0.15, -0.1) is 0 Å². The van der Waals surface area contributed by atoms with Gasteiger partial charge in [-0.25, -0.2) is 4.98 Å². The molecule has 0 bridgehead atoms. The second-order valence-electron chi connectivity index (χ2n) is 4.69. The number of imidazole rings is 1. The monoisotopic (exact) mass is 320 g/mol. The molecule has 3 rings (SSSR count). The zero-order chi connectivity index (χ0) is 16.2. The van der Waals surface area contributed by atoms with Crippen molar-refractivity contribution in [3.05, 3.63) is 66.0 Å². The maximum Gasteiger partial charge on any atom is 0.261 e. The standard InChI is InChI=1S/C14H12N2O.CH4O3S/c17-13(10-6-2-1-3-7-10)14-15-11-8-4-5-9-12(11)16-14;1-5(2,3)4/h1-9,13,17H,(H,15,16);1H3,(H,2,3,4). The minimum absolute atomic E-state index is 0.581. The molecule has 0 radical (unpaired) electrons. The molecule has 3 N–H and O–H groups in total. The molecule has 116 valence electrons. The summed E-state index contributed by atoms with van der Waals surface area (Å²) >= 11 is 0. The quantitative estimate of drug-likeness (QED) is 0.628. The van der Waals surface area contributed by atoms with Gasteiger partial charge in [-0.05, 0) is 17.7 Å². The van der Waals surface area contributed by atoms with Crippen molar-refractivity contribution >= 4 is 21.2 Å². The summed E-state index contributed by atoms with van der Waals surface area (Å²) in [7, 11) is -3.67. The summed E-state index contributed by atoms with van der Waals surface area (Å²) in [5, 5.41) is 10.2. The van der Waals surface area contributed by atoms with E-state index in [1.807, 2.05) is 54.6 Å². The first-order valence-corrected chi connectivity index (χ1v) is 8.29. The van der Waals surface area contributed by atoms with Crippen molar-refractivity contribution in [2.75, 3.05) is 6.26 Å². The molecule has 1 heterocycles. The topological polar surface area (TPSA) is 103 Å². The lowest BCUT2D eigenvalue weighted by atomic mass is 10.1. The van der Waals surface area contributed by atoms with Crippen LogP contribution in [0.5, 0.6) is 0 Å². The lowest BCUT2D eigenvalue weighted by Crippen LogP contribution is -2.01. The lowest BCUT2D eigenvalue weighted by molar-refractivity contribution is 0.211. The number of nitrogens with one attached hydrogen (secondary N) is 1. The molecule has 0 aliphatic rings. The summed E-state index contributed by atoms with van der Waals surface area (Å²) in [5.74, 6) is 0.581. The molecule has 0 fully saturated rings. The number of aliphatic hydroxyl groups excluding tert-OH is 1. The Hall–Kier alpha value is -2.22. The SMILES string of the molecule is CS(=O)(=O)O.OC(c1ccccc1)c1nc2ccccc2[nH]1. The highest BCUT2D eigenvalue weighted by Crippen LogP contribution is 2.21. The van der Waals surface area contributed by atoms with Crippen molar-refractivity contribution in [1.82, 2.24) is 9.97 Å². The van der Waals surface area contributed by atoms with Crippen LogP contribution in [-0.2, 0) is 10.1 Å². The van der Waals surface area contributed by atoms with Gasteiger partial charge in [-0.2, -0.15) is 8.42 Å². The van der Waals surface area contributed by atoms with E-state index in [1.54, 1.807) is 0 Å². The Balaban J connectivity index is 0.000000309. The predicted molar refractivity (Wildman–Crippen MR) is 84.1 cm³/mol.